The van der Waals surface area contributed by atoms with Gasteiger partial charge in [0.2, 0.25) is 0 Å². The zero-order valence-corrected chi connectivity index (χ0v) is 9.74. The number of benzene rings is 1. The van der Waals surface area contributed by atoms with E-state index in [4.69, 9.17) is 15.2 Å². The first-order valence-electron chi connectivity index (χ1n) is 5.92. The molecule has 1 saturated heterocycles. The second-order valence-corrected chi connectivity index (χ2v) is 4.16. The second-order valence-electron chi connectivity index (χ2n) is 4.16. The van der Waals surface area contributed by atoms with Crippen molar-refractivity contribution in [1.29, 1.82) is 0 Å². The van der Waals surface area contributed by atoms with Crippen LogP contribution in [0.1, 0.15) is 25.3 Å². The fraction of sp³-hybridized carbons (Fsp3) is 0.538. The lowest BCUT2D eigenvalue weighted by Crippen LogP contribution is -2.26. The third-order valence-electron chi connectivity index (χ3n) is 2.95. The van der Waals surface area contributed by atoms with Gasteiger partial charge < -0.3 is 15.2 Å². The van der Waals surface area contributed by atoms with E-state index in [1.165, 1.54) is 5.56 Å². The lowest BCUT2D eigenvalue weighted by atomic mass is 10.1. The van der Waals surface area contributed by atoms with Gasteiger partial charge in [-0.05, 0) is 24.1 Å². The van der Waals surface area contributed by atoms with E-state index in [1.807, 2.05) is 18.2 Å². The molecule has 0 unspecified atom stereocenters. The van der Waals surface area contributed by atoms with Crippen molar-refractivity contribution < 1.29 is 9.47 Å². The molecule has 0 radical (unpaired) electrons. The number of hydrogen-bond acceptors (Lipinski definition) is 3. The average Bonchev–Trinajstić information content (AvgIpc) is 2.33. The smallest absolute Gasteiger partial charge is 0.142 e. The predicted octanol–water partition coefficient (Wildman–Crippen LogP) is 2.39. The van der Waals surface area contributed by atoms with Crippen molar-refractivity contribution in [3.63, 3.8) is 0 Å². The fourth-order valence-corrected chi connectivity index (χ4v) is 1.87. The Morgan fingerprint density at radius 3 is 2.81 bits per heavy atom. The monoisotopic (exact) mass is 221 g/mol. The van der Waals surface area contributed by atoms with Gasteiger partial charge >= 0.3 is 0 Å². The van der Waals surface area contributed by atoms with Crippen LogP contribution in [0.4, 0.5) is 5.69 Å². The van der Waals surface area contributed by atoms with E-state index in [0.717, 1.165) is 43.9 Å². The molecule has 3 heteroatoms. The van der Waals surface area contributed by atoms with Crippen LogP contribution in [-0.4, -0.2) is 19.3 Å². The summed E-state index contributed by atoms with van der Waals surface area (Å²) in [5.41, 5.74) is 7.89. The van der Waals surface area contributed by atoms with Crippen molar-refractivity contribution in [3.05, 3.63) is 23.8 Å². The van der Waals surface area contributed by atoms with Gasteiger partial charge in [-0.1, -0.05) is 13.0 Å². The summed E-state index contributed by atoms with van der Waals surface area (Å²) >= 11 is 0. The summed E-state index contributed by atoms with van der Waals surface area (Å²) in [6, 6.07) is 6.02. The van der Waals surface area contributed by atoms with Crippen LogP contribution in [0.15, 0.2) is 18.2 Å². The summed E-state index contributed by atoms with van der Waals surface area (Å²) in [4.78, 5) is 0. The van der Waals surface area contributed by atoms with Crippen LogP contribution in [0.5, 0.6) is 5.75 Å². The van der Waals surface area contributed by atoms with Gasteiger partial charge in [0.05, 0.1) is 18.9 Å². The van der Waals surface area contributed by atoms with Crippen LogP contribution in [0, 0.1) is 0 Å². The molecule has 0 aliphatic carbocycles. The second kappa shape index (κ2) is 5.21. The average molecular weight is 221 g/mol. The van der Waals surface area contributed by atoms with Crippen molar-refractivity contribution in [3.8, 4) is 5.75 Å². The molecule has 16 heavy (non-hydrogen) atoms. The normalized spacial score (nSPS) is 17.3. The SMILES string of the molecule is CCc1ccc(N)c(OC2CCOCC2)c1. The maximum absolute atomic E-state index is 5.92. The van der Waals surface area contributed by atoms with Crippen LogP contribution in [0.2, 0.25) is 0 Å². The zero-order chi connectivity index (χ0) is 11.4. The summed E-state index contributed by atoms with van der Waals surface area (Å²) in [6.07, 6.45) is 3.17. The first-order valence-corrected chi connectivity index (χ1v) is 5.92. The van der Waals surface area contributed by atoms with E-state index in [2.05, 4.69) is 6.92 Å². The highest BCUT2D eigenvalue weighted by molar-refractivity contribution is 5.54. The molecule has 0 aromatic heterocycles. The van der Waals surface area contributed by atoms with Crippen molar-refractivity contribution in [1.82, 2.24) is 0 Å². The fourth-order valence-electron chi connectivity index (χ4n) is 1.87. The molecule has 2 rings (SSSR count). The van der Waals surface area contributed by atoms with Crippen molar-refractivity contribution in [2.24, 2.45) is 0 Å². The minimum Gasteiger partial charge on any atom is -0.488 e. The first-order chi connectivity index (χ1) is 7.79. The third kappa shape index (κ3) is 2.67. The van der Waals surface area contributed by atoms with Crippen molar-refractivity contribution in [2.45, 2.75) is 32.3 Å². The number of nitrogen functional groups attached to an aromatic ring is 1. The van der Waals surface area contributed by atoms with Crippen LogP contribution in [0.3, 0.4) is 0 Å². The van der Waals surface area contributed by atoms with E-state index >= 15 is 0 Å². The number of rotatable bonds is 3. The minimum atomic E-state index is 0.253. The molecule has 3 nitrogen and oxygen atoms in total. The maximum Gasteiger partial charge on any atom is 0.142 e. The lowest BCUT2D eigenvalue weighted by molar-refractivity contribution is 0.0258. The molecule has 1 heterocycles. The molecular weight excluding hydrogens is 202 g/mol. The Hall–Kier alpha value is -1.22. The molecule has 0 amide bonds. The van der Waals surface area contributed by atoms with Gasteiger partial charge in [-0.3, -0.25) is 0 Å². The number of ether oxygens (including phenoxy) is 2. The van der Waals surface area contributed by atoms with E-state index in [9.17, 15) is 0 Å². The van der Waals surface area contributed by atoms with Crippen LogP contribution in [-0.2, 0) is 11.2 Å². The molecule has 88 valence electrons. The Balaban J connectivity index is 2.06. The molecule has 1 fully saturated rings. The predicted molar refractivity (Wildman–Crippen MR) is 64.7 cm³/mol. The van der Waals surface area contributed by atoms with E-state index in [0.29, 0.717) is 0 Å². The molecule has 0 atom stereocenters. The van der Waals surface area contributed by atoms with Crippen molar-refractivity contribution >= 4 is 5.69 Å². The van der Waals surface area contributed by atoms with Crippen LogP contribution < -0.4 is 10.5 Å². The Labute approximate surface area is 96.5 Å². The molecule has 1 aliphatic heterocycles. The maximum atomic E-state index is 5.92. The highest BCUT2D eigenvalue weighted by Crippen LogP contribution is 2.26. The molecule has 1 aromatic rings. The molecular formula is C13H19NO2. The minimum absolute atomic E-state index is 0.253. The number of aryl methyl sites for hydroxylation is 1. The van der Waals surface area contributed by atoms with Crippen LogP contribution in [0.25, 0.3) is 0 Å². The Kier molecular flexibility index (Phi) is 3.67. The van der Waals surface area contributed by atoms with E-state index in [-0.39, 0.29) is 6.10 Å². The largest absolute Gasteiger partial charge is 0.488 e. The summed E-state index contributed by atoms with van der Waals surface area (Å²) in [6.45, 7) is 3.71. The Morgan fingerprint density at radius 1 is 1.38 bits per heavy atom. The molecule has 0 bridgehead atoms. The summed E-state index contributed by atoms with van der Waals surface area (Å²) in [5, 5.41) is 0. The van der Waals surface area contributed by atoms with Gasteiger partial charge in [0.1, 0.15) is 11.9 Å². The number of hydrogen-bond donors (Lipinski definition) is 1. The summed E-state index contributed by atoms with van der Waals surface area (Å²) in [5.74, 6) is 0.825. The summed E-state index contributed by atoms with van der Waals surface area (Å²) in [7, 11) is 0. The van der Waals surface area contributed by atoms with E-state index in [1.54, 1.807) is 0 Å². The summed E-state index contributed by atoms with van der Waals surface area (Å²) < 4.78 is 11.2. The van der Waals surface area contributed by atoms with E-state index < -0.39 is 0 Å². The van der Waals surface area contributed by atoms with Gasteiger partial charge in [-0.25, -0.2) is 0 Å². The first kappa shape index (κ1) is 11.3. The van der Waals surface area contributed by atoms with Gasteiger partial charge in [-0.15, -0.1) is 0 Å². The number of nitrogens with two attached hydrogens (primary N) is 1. The van der Waals surface area contributed by atoms with Gasteiger partial charge in [-0.2, -0.15) is 0 Å². The quantitative estimate of drug-likeness (QED) is 0.797. The zero-order valence-electron chi connectivity index (χ0n) is 9.74. The van der Waals surface area contributed by atoms with Gasteiger partial charge in [0, 0.05) is 12.8 Å². The highest BCUT2D eigenvalue weighted by Gasteiger charge is 2.16. The molecule has 1 aromatic carbocycles. The number of anilines is 1. The molecule has 1 aliphatic rings. The Morgan fingerprint density at radius 2 is 2.12 bits per heavy atom. The highest BCUT2D eigenvalue weighted by atomic mass is 16.5. The van der Waals surface area contributed by atoms with Crippen molar-refractivity contribution in [2.75, 3.05) is 18.9 Å². The third-order valence-corrected chi connectivity index (χ3v) is 2.95. The van der Waals surface area contributed by atoms with Crippen LogP contribution >= 0.6 is 0 Å². The Bertz CT molecular complexity index is 346. The molecule has 0 saturated carbocycles. The van der Waals surface area contributed by atoms with Gasteiger partial charge in [0.15, 0.2) is 0 Å². The lowest BCUT2D eigenvalue weighted by Gasteiger charge is -2.24. The molecule has 2 N–H and O–H groups in total. The topological polar surface area (TPSA) is 44.5 Å². The van der Waals surface area contributed by atoms with Gasteiger partial charge in [0.25, 0.3) is 0 Å². The standard InChI is InChI=1S/C13H19NO2/c1-2-10-3-4-12(14)13(9-10)16-11-5-7-15-8-6-11/h3-4,9,11H,2,5-8,14H2,1H3. The molecule has 0 spiro atoms.